The smallest absolute Gasteiger partial charge is 0.178 e. The van der Waals surface area contributed by atoms with E-state index in [9.17, 15) is 0 Å². The van der Waals surface area contributed by atoms with Crippen molar-refractivity contribution in [1.29, 1.82) is 0 Å². The van der Waals surface area contributed by atoms with Gasteiger partial charge in [-0.05, 0) is 50.3 Å². The van der Waals surface area contributed by atoms with Crippen molar-refractivity contribution < 1.29 is 4.74 Å². The van der Waals surface area contributed by atoms with Crippen molar-refractivity contribution in [2.75, 3.05) is 17.3 Å². The van der Waals surface area contributed by atoms with Crippen LogP contribution in [0.4, 0.5) is 11.4 Å². The molecule has 0 saturated heterocycles. The number of para-hydroxylation sites is 1. The lowest BCUT2D eigenvalue weighted by molar-refractivity contribution is 0.415. The second-order valence-electron chi connectivity index (χ2n) is 4.96. The topological polar surface area (TPSA) is 24.5 Å². The molecule has 1 N–H and O–H groups in total. The number of benzene rings is 2. The highest BCUT2D eigenvalue weighted by Gasteiger charge is 2.15. The molecule has 0 spiro atoms. The van der Waals surface area contributed by atoms with Gasteiger partial charge in [0.05, 0.1) is 7.11 Å². The van der Waals surface area contributed by atoms with Crippen LogP contribution in [0.3, 0.4) is 0 Å². The Morgan fingerprint density at radius 3 is 2.43 bits per heavy atom. The summed E-state index contributed by atoms with van der Waals surface area (Å²) in [7, 11) is 1.65. The Hall–Kier alpha value is -2.07. The summed E-state index contributed by atoms with van der Waals surface area (Å²) in [4.78, 5) is 2.09. The second kappa shape index (κ2) is 7.09. The van der Waals surface area contributed by atoms with Crippen molar-refractivity contribution in [3.8, 4) is 5.75 Å². The molecule has 110 valence electrons. The summed E-state index contributed by atoms with van der Waals surface area (Å²) < 4.78 is 5.23. The third kappa shape index (κ3) is 3.95. The Balaban J connectivity index is 2.19. The van der Waals surface area contributed by atoms with Crippen molar-refractivity contribution in [3.05, 3.63) is 54.6 Å². The van der Waals surface area contributed by atoms with Gasteiger partial charge < -0.3 is 15.0 Å². The van der Waals surface area contributed by atoms with Gasteiger partial charge in [-0.15, -0.1) is 0 Å². The molecule has 21 heavy (non-hydrogen) atoms. The number of methoxy groups -OCH3 is 1. The number of ether oxygens (including phenoxy) is 1. The van der Waals surface area contributed by atoms with Gasteiger partial charge in [0.15, 0.2) is 5.11 Å². The van der Waals surface area contributed by atoms with Gasteiger partial charge >= 0.3 is 0 Å². The van der Waals surface area contributed by atoms with Crippen LogP contribution in [-0.4, -0.2) is 18.3 Å². The second-order valence-corrected chi connectivity index (χ2v) is 5.35. The number of anilines is 2. The minimum absolute atomic E-state index is 0.262. The van der Waals surface area contributed by atoms with E-state index in [1.807, 2.05) is 42.5 Å². The van der Waals surface area contributed by atoms with Gasteiger partial charge in [-0.2, -0.15) is 0 Å². The monoisotopic (exact) mass is 300 g/mol. The summed E-state index contributed by atoms with van der Waals surface area (Å²) in [6.45, 7) is 4.24. The normalized spacial score (nSPS) is 10.3. The number of nitrogens with zero attached hydrogens (tertiary/aromatic N) is 1. The highest BCUT2D eigenvalue weighted by molar-refractivity contribution is 7.80. The molecule has 0 aliphatic heterocycles. The van der Waals surface area contributed by atoms with Gasteiger partial charge in [0, 0.05) is 23.5 Å². The van der Waals surface area contributed by atoms with Gasteiger partial charge in [-0.1, -0.05) is 24.3 Å². The number of thiocarbonyl (C=S) groups is 1. The molecular formula is C17H20N2OS. The summed E-state index contributed by atoms with van der Waals surface area (Å²) in [5.41, 5.74) is 1.99. The molecular weight excluding hydrogens is 280 g/mol. The first kappa shape index (κ1) is 15.3. The van der Waals surface area contributed by atoms with Gasteiger partial charge in [0.1, 0.15) is 5.75 Å². The molecule has 0 aliphatic carbocycles. The first-order valence-corrected chi connectivity index (χ1v) is 7.32. The van der Waals surface area contributed by atoms with Crippen LogP contribution in [0.15, 0.2) is 54.6 Å². The Morgan fingerprint density at radius 1 is 1.10 bits per heavy atom. The van der Waals surface area contributed by atoms with E-state index in [4.69, 9.17) is 17.0 Å². The molecule has 0 unspecified atom stereocenters. The van der Waals surface area contributed by atoms with Crippen LogP contribution in [0.2, 0.25) is 0 Å². The Bertz CT molecular complexity index is 599. The van der Waals surface area contributed by atoms with E-state index in [0.29, 0.717) is 5.11 Å². The van der Waals surface area contributed by atoms with E-state index in [1.54, 1.807) is 7.11 Å². The van der Waals surface area contributed by atoms with E-state index in [0.717, 1.165) is 17.1 Å². The number of rotatable bonds is 4. The molecule has 2 aromatic rings. The minimum atomic E-state index is 0.262. The Morgan fingerprint density at radius 2 is 1.81 bits per heavy atom. The minimum Gasteiger partial charge on any atom is -0.497 e. The zero-order valence-electron chi connectivity index (χ0n) is 12.5. The van der Waals surface area contributed by atoms with Gasteiger partial charge in [0.2, 0.25) is 0 Å². The predicted molar refractivity (Wildman–Crippen MR) is 93.3 cm³/mol. The fourth-order valence-corrected chi connectivity index (χ4v) is 2.56. The number of nitrogens with one attached hydrogen (secondary N) is 1. The third-order valence-corrected chi connectivity index (χ3v) is 3.39. The van der Waals surface area contributed by atoms with Gasteiger partial charge in [-0.25, -0.2) is 0 Å². The van der Waals surface area contributed by atoms with E-state index in [-0.39, 0.29) is 6.04 Å². The molecule has 2 aromatic carbocycles. The van der Waals surface area contributed by atoms with Crippen LogP contribution in [0, 0.1) is 0 Å². The van der Waals surface area contributed by atoms with Crippen molar-refractivity contribution >= 4 is 28.7 Å². The highest BCUT2D eigenvalue weighted by atomic mass is 32.1. The SMILES string of the molecule is COc1cccc(NC(=S)N(c2ccccc2)C(C)C)c1. The molecule has 4 heteroatoms. The van der Waals surface area contributed by atoms with E-state index in [2.05, 4.69) is 36.2 Å². The van der Waals surface area contributed by atoms with E-state index < -0.39 is 0 Å². The van der Waals surface area contributed by atoms with Crippen molar-refractivity contribution in [3.63, 3.8) is 0 Å². The largest absolute Gasteiger partial charge is 0.497 e. The first-order chi connectivity index (χ1) is 10.1. The highest BCUT2D eigenvalue weighted by Crippen LogP contribution is 2.21. The van der Waals surface area contributed by atoms with E-state index in [1.165, 1.54) is 0 Å². The van der Waals surface area contributed by atoms with Crippen molar-refractivity contribution in [1.82, 2.24) is 0 Å². The molecule has 0 atom stereocenters. The number of hydrogen-bond acceptors (Lipinski definition) is 2. The van der Waals surface area contributed by atoms with Crippen LogP contribution in [0.25, 0.3) is 0 Å². The lowest BCUT2D eigenvalue weighted by atomic mass is 10.2. The predicted octanol–water partition coefficient (Wildman–Crippen LogP) is 4.31. The Labute approximate surface area is 131 Å². The van der Waals surface area contributed by atoms with Crippen molar-refractivity contribution in [2.24, 2.45) is 0 Å². The molecule has 3 nitrogen and oxygen atoms in total. The lowest BCUT2D eigenvalue weighted by Crippen LogP contribution is -2.40. The van der Waals surface area contributed by atoms with Crippen LogP contribution in [0.1, 0.15) is 13.8 Å². The maximum atomic E-state index is 5.57. The number of hydrogen-bond donors (Lipinski definition) is 1. The van der Waals surface area contributed by atoms with Crippen LogP contribution < -0.4 is 15.0 Å². The Kier molecular flexibility index (Phi) is 5.17. The molecule has 0 radical (unpaired) electrons. The van der Waals surface area contributed by atoms with Gasteiger partial charge in [0.25, 0.3) is 0 Å². The maximum absolute atomic E-state index is 5.57. The zero-order valence-corrected chi connectivity index (χ0v) is 13.4. The van der Waals surface area contributed by atoms with Gasteiger partial charge in [-0.3, -0.25) is 0 Å². The standard InChI is InChI=1S/C17H20N2OS/c1-13(2)19(15-9-5-4-6-10-15)17(21)18-14-8-7-11-16(12-14)20-3/h4-13H,1-3H3,(H,18,21). The van der Waals surface area contributed by atoms with Crippen LogP contribution in [-0.2, 0) is 0 Å². The first-order valence-electron chi connectivity index (χ1n) is 6.91. The summed E-state index contributed by atoms with van der Waals surface area (Å²) in [5.74, 6) is 0.804. The molecule has 0 fully saturated rings. The fourth-order valence-electron chi connectivity index (χ4n) is 2.12. The summed E-state index contributed by atoms with van der Waals surface area (Å²) >= 11 is 5.57. The molecule has 0 aromatic heterocycles. The molecule has 0 heterocycles. The maximum Gasteiger partial charge on any atom is 0.178 e. The molecule has 0 saturated carbocycles. The zero-order chi connectivity index (χ0) is 15.2. The summed E-state index contributed by atoms with van der Waals surface area (Å²) in [6, 6.07) is 18.1. The molecule has 0 bridgehead atoms. The fraction of sp³-hybridized carbons (Fsp3) is 0.235. The molecule has 2 rings (SSSR count). The quantitative estimate of drug-likeness (QED) is 0.851. The average Bonchev–Trinajstić information content (AvgIpc) is 2.48. The van der Waals surface area contributed by atoms with Crippen molar-refractivity contribution in [2.45, 2.75) is 19.9 Å². The third-order valence-electron chi connectivity index (χ3n) is 3.09. The summed E-state index contributed by atoms with van der Waals surface area (Å²) in [6.07, 6.45) is 0. The summed E-state index contributed by atoms with van der Waals surface area (Å²) in [5, 5.41) is 3.94. The molecule has 0 amide bonds. The van der Waals surface area contributed by atoms with Crippen LogP contribution >= 0.6 is 12.2 Å². The lowest BCUT2D eigenvalue weighted by Gasteiger charge is -2.29. The van der Waals surface area contributed by atoms with Crippen LogP contribution in [0.5, 0.6) is 5.75 Å². The molecule has 0 aliphatic rings. The van der Waals surface area contributed by atoms with E-state index >= 15 is 0 Å². The average molecular weight is 300 g/mol.